The molecule has 2 aromatic carbocycles. The van der Waals surface area contributed by atoms with Crippen LogP contribution in [-0.4, -0.2) is 49.2 Å². The van der Waals surface area contributed by atoms with Crippen LogP contribution in [0.3, 0.4) is 0 Å². The van der Waals surface area contributed by atoms with Crippen LogP contribution in [0, 0.1) is 0 Å². The zero-order valence-corrected chi connectivity index (χ0v) is 17.7. The number of hydrogen-bond acceptors (Lipinski definition) is 7. The van der Waals surface area contributed by atoms with Crippen molar-refractivity contribution < 1.29 is 17.6 Å². The van der Waals surface area contributed by atoms with Crippen LogP contribution in [0.25, 0.3) is 11.5 Å². The number of rotatable bonds is 6. The summed E-state index contributed by atoms with van der Waals surface area (Å²) in [6.45, 7) is 1.48. The van der Waals surface area contributed by atoms with Gasteiger partial charge in [-0.1, -0.05) is 47.6 Å². The van der Waals surface area contributed by atoms with Gasteiger partial charge in [-0.25, -0.2) is 8.42 Å². The molecule has 0 bridgehead atoms. The van der Waals surface area contributed by atoms with E-state index in [-0.39, 0.29) is 10.8 Å². The van der Waals surface area contributed by atoms with Gasteiger partial charge in [-0.05, 0) is 29.8 Å². The lowest BCUT2D eigenvalue weighted by Gasteiger charge is -2.26. The Hall–Kier alpha value is -1.91. The first-order valence-electron chi connectivity index (χ1n) is 8.92. The molecule has 10 heteroatoms. The molecule has 0 aliphatic carbocycles. The van der Waals surface area contributed by atoms with Crippen LogP contribution < -0.4 is 0 Å². The van der Waals surface area contributed by atoms with Gasteiger partial charge >= 0.3 is 0 Å². The Morgan fingerprint density at radius 3 is 2.66 bits per heavy atom. The van der Waals surface area contributed by atoms with Crippen LogP contribution in [0.5, 0.6) is 0 Å². The number of hydrogen-bond donors (Lipinski definition) is 0. The van der Waals surface area contributed by atoms with Crippen molar-refractivity contribution in [3.05, 3.63) is 59.1 Å². The van der Waals surface area contributed by atoms with E-state index in [0.717, 1.165) is 5.56 Å². The number of morpholine rings is 1. The Bertz CT molecular complexity index is 1100. The fourth-order valence-electron chi connectivity index (χ4n) is 2.87. The molecule has 4 rings (SSSR count). The standard InChI is InChI=1S/C19H18ClN3O4S2/c20-17-7-2-1-4-15(17)13-28-19-22-21-18(27-19)14-5-3-6-16(12-14)29(24,25)23-8-10-26-11-9-23/h1-7,12H,8-11,13H2. The smallest absolute Gasteiger partial charge is 0.277 e. The van der Waals surface area contributed by atoms with Gasteiger partial charge in [-0.15, -0.1) is 10.2 Å². The molecule has 0 atom stereocenters. The molecule has 0 radical (unpaired) electrons. The molecule has 152 valence electrons. The zero-order chi connectivity index (χ0) is 20.3. The lowest BCUT2D eigenvalue weighted by atomic mass is 10.2. The summed E-state index contributed by atoms with van der Waals surface area (Å²) in [6, 6.07) is 14.1. The minimum Gasteiger partial charge on any atom is -0.411 e. The van der Waals surface area contributed by atoms with Crippen molar-refractivity contribution in [3.8, 4) is 11.5 Å². The summed E-state index contributed by atoms with van der Waals surface area (Å²) >= 11 is 7.54. The van der Waals surface area contributed by atoms with Gasteiger partial charge in [-0.2, -0.15) is 4.31 Å². The molecule has 0 unspecified atom stereocenters. The summed E-state index contributed by atoms with van der Waals surface area (Å²) in [5, 5.41) is 9.18. The van der Waals surface area contributed by atoms with Gasteiger partial charge in [0.25, 0.3) is 5.22 Å². The van der Waals surface area contributed by atoms with Crippen LogP contribution in [-0.2, 0) is 20.5 Å². The molecule has 3 aromatic rings. The second-order valence-corrected chi connectivity index (χ2v) is 9.57. The molecule has 29 heavy (non-hydrogen) atoms. The predicted octanol–water partition coefficient (Wildman–Crippen LogP) is 3.70. The summed E-state index contributed by atoms with van der Waals surface area (Å²) in [5.41, 5.74) is 1.52. The lowest BCUT2D eigenvalue weighted by Crippen LogP contribution is -2.40. The third-order valence-electron chi connectivity index (χ3n) is 4.40. The molecule has 0 spiro atoms. The van der Waals surface area contributed by atoms with E-state index in [0.29, 0.717) is 47.9 Å². The van der Waals surface area contributed by atoms with Gasteiger partial charge < -0.3 is 9.15 Å². The molecule has 1 aromatic heterocycles. The lowest BCUT2D eigenvalue weighted by molar-refractivity contribution is 0.0730. The Labute approximate surface area is 178 Å². The molecule has 7 nitrogen and oxygen atoms in total. The minimum atomic E-state index is -3.59. The summed E-state index contributed by atoms with van der Waals surface area (Å²) in [5.74, 6) is 0.859. The van der Waals surface area contributed by atoms with Gasteiger partial charge in [0.1, 0.15) is 0 Å². The monoisotopic (exact) mass is 451 g/mol. The first kappa shape index (κ1) is 20.4. The van der Waals surface area contributed by atoms with Crippen LogP contribution in [0.1, 0.15) is 5.56 Å². The van der Waals surface area contributed by atoms with E-state index < -0.39 is 10.0 Å². The Kier molecular flexibility index (Phi) is 6.21. The molecule has 1 aliphatic heterocycles. The van der Waals surface area contributed by atoms with Gasteiger partial charge in [0.15, 0.2) is 0 Å². The largest absolute Gasteiger partial charge is 0.411 e. The Balaban J connectivity index is 1.51. The van der Waals surface area contributed by atoms with Crippen molar-refractivity contribution in [2.75, 3.05) is 26.3 Å². The molecular weight excluding hydrogens is 434 g/mol. The number of ether oxygens (including phenoxy) is 1. The molecule has 2 heterocycles. The first-order valence-corrected chi connectivity index (χ1v) is 11.7. The number of nitrogens with zero attached hydrogens (tertiary/aromatic N) is 3. The molecule has 0 amide bonds. The van der Waals surface area contributed by atoms with Crippen molar-refractivity contribution in [2.45, 2.75) is 15.9 Å². The number of sulfonamides is 1. The highest BCUT2D eigenvalue weighted by Crippen LogP contribution is 2.29. The maximum absolute atomic E-state index is 12.9. The third-order valence-corrected chi connectivity index (χ3v) is 7.53. The normalized spacial score (nSPS) is 15.5. The third kappa shape index (κ3) is 4.65. The first-order chi connectivity index (χ1) is 14.0. The topological polar surface area (TPSA) is 85.5 Å². The summed E-state index contributed by atoms with van der Waals surface area (Å²) in [4.78, 5) is 0.195. The summed E-state index contributed by atoms with van der Waals surface area (Å²) < 4.78 is 38.1. The number of aromatic nitrogens is 2. The molecular formula is C19H18ClN3O4S2. The van der Waals surface area contributed by atoms with Crippen LogP contribution in [0.4, 0.5) is 0 Å². The number of halogens is 1. The highest BCUT2D eigenvalue weighted by molar-refractivity contribution is 7.98. The van der Waals surface area contributed by atoms with Crippen molar-refractivity contribution in [1.82, 2.24) is 14.5 Å². The van der Waals surface area contributed by atoms with E-state index in [2.05, 4.69) is 10.2 Å². The number of thioether (sulfide) groups is 1. The molecule has 0 saturated carbocycles. The Morgan fingerprint density at radius 1 is 1.07 bits per heavy atom. The van der Waals surface area contributed by atoms with Gasteiger partial charge in [0, 0.05) is 29.4 Å². The molecule has 0 N–H and O–H groups in total. The van der Waals surface area contributed by atoms with Crippen molar-refractivity contribution in [3.63, 3.8) is 0 Å². The molecule has 1 saturated heterocycles. The van der Waals surface area contributed by atoms with E-state index in [9.17, 15) is 8.42 Å². The van der Waals surface area contributed by atoms with Gasteiger partial charge in [0.05, 0.1) is 18.1 Å². The van der Waals surface area contributed by atoms with Crippen molar-refractivity contribution in [2.24, 2.45) is 0 Å². The van der Waals surface area contributed by atoms with Crippen LogP contribution in [0.15, 0.2) is 63.1 Å². The van der Waals surface area contributed by atoms with E-state index in [1.54, 1.807) is 24.3 Å². The molecule has 1 aliphatic rings. The fraction of sp³-hybridized carbons (Fsp3) is 0.263. The van der Waals surface area contributed by atoms with Crippen molar-refractivity contribution >= 4 is 33.4 Å². The quantitative estimate of drug-likeness (QED) is 0.528. The van der Waals surface area contributed by atoms with E-state index in [1.165, 1.54) is 16.1 Å². The maximum Gasteiger partial charge on any atom is 0.277 e. The van der Waals surface area contributed by atoms with E-state index in [1.807, 2.05) is 24.3 Å². The highest BCUT2D eigenvalue weighted by Gasteiger charge is 2.26. The van der Waals surface area contributed by atoms with Gasteiger partial charge in [0.2, 0.25) is 15.9 Å². The fourth-order valence-corrected chi connectivity index (χ4v) is 5.37. The highest BCUT2D eigenvalue weighted by atomic mass is 35.5. The zero-order valence-electron chi connectivity index (χ0n) is 15.3. The van der Waals surface area contributed by atoms with E-state index >= 15 is 0 Å². The second kappa shape index (κ2) is 8.85. The summed E-state index contributed by atoms with van der Waals surface area (Å²) in [7, 11) is -3.59. The van der Waals surface area contributed by atoms with Crippen LogP contribution >= 0.6 is 23.4 Å². The molecule has 1 fully saturated rings. The van der Waals surface area contributed by atoms with Gasteiger partial charge in [-0.3, -0.25) is 0 Å². The minimum absolute atomic E-state index is 0.195. The van der Waals surface area contributed by atoms with Crippen LogP contribution in [0.2, 0.25) is 5.02 Å². The Morgan fingerprint density at radius 2 is 1.86 bits per heavy atom. The SMILES string of the molecule is O=S(=O)(c1cccc(-c2nnc(SCc3ccccc3Cl)o2)c1)N1CCOCC1. The predicted molar refractivity (Wildman–Crippen MR) is 110 cm³/mol. The number of benzene rings is 2. The van der Waals surface area contributed by atoms with Crippen molar-refractivity contribution in [1.29, 1.82) is 0 Å². The second-order valence-electron chi connectivity index (χ2n) is 6.30. The maximum atomic E-state index is 12.9. The van der Waals surface area contributed by atoms with E-state index in [4.69, 9.17) is 20.8 Å². The summed E-state index contributed by atoms with van der Waals surface area (Å²) in [6.07, 6.45) is 0. The average molecular weight is 452 g/mol. The average Bonchev–Trinajstić information content (AvgIpc) is 3.23.